The van der Waals surface area contributed by atoms with Gasteiger partial charge in [0.05, 0.1) is 12.2 Å². The Bertz CT molecular complexity index is 468. The maximum Gasteiger partial charge on any atom is 0.0797 e. The van der Waals surface area contributed by atoms with E-state index in [0.717, 1.165) is 12.2 Å². The van der Waals surface area contributed by atoms with Gasteiger partial charge in [-0.05, 0) is 34.7 Å². The highest BCUT2D eigenvalue weighted by atomic mass is 31.2. The largest absolute Gasteiger partial charge is 0.295 e. The first-order chi connectivity index (χ1) is 9.33. The summed E-state index contributed by atoms with van der Waals surface area (Å²) in [5.74, 6) is 0. The molecule has 0 atom stereocenters. The number of pyridine rings is 1. The summed E-state index contributed by atoms with van der Waals surface area (Å²) in [5.41, 5.74) is 1.07. The third kappa shape index (κ3) is 3.59. The van der Waals surface area contributed by atoms with Gasteiger partial charge >= 0.3 is 0 Å². The number of aromatic nitrogens is 1. The lowest BCUT2D eigenvalue weighted by Crippen LogP contribution is -2.39. The zero-order chi connectivity index (χ0) is 16.5. The number of hydrogen-bond donors (Lipinski definition) is 0. The first-order valence-corrected chi connectivity index (χ1v) is 9.55. The molecule has 0 aromatic carbocycles. The van der Waals surface area contributed by atoms with Gasteiger partial charge in [0, 0.05) is 6.20 Å². The molecule has 1 rings (SSSR count). The van der Waals surface area contributed by atoms with Crippen LogP contribution in [-0.2, 0) is 6.54 Å². The Kier molecular flexibility index (Phi) is 5.16. The number of nitrogens with zero attached hydrogens (tertiary/aromatic N) is 2. The molecule has 0 N–H and O–H groups in total. The van der Waals surface area contributed by atoms with Crippen LogP contribution >= 0.6 is 7.05 Å². The van der Waals surface area contributed by atoms with Crippen LogP contribution in [0.4, 0.5) is 0 Å². The van der Waals surface area contributed by atoms with Crippen molar-refractivity contribution in [2.24, 2.45) is 4.74 Å². The molecule has 0 fully saturated rings. The Hall–Kier alpha value is -0.620. The monoisotopic (exact) mass is 308 g/mol. The predicted octanol–water partition coefficient (Wildman–Crippen LogP) is 6.18. The molecule has 0 bridgehead atoms. The molecule has 0 radical (unpaired) electrons. The van der Waals surface area contributed by atoms with E-state index >= 15 is 0 Å². The maximum absolute atomic E-state index is 5.39. The van der Waals surface area contributed by atoms with E-state index in [-0.39, 0.29) is 15.5 Å². The quantitative estimate of drug-likeness (QED) is 0.599. The molecule has 120 valence electrons. The first kappa shape index (κ1) is 18.4. The zero-order valence-corrected chi connectivity index (χ0v) is 16.3. The third-order valence-corrected chi connectivity index (χ3v) is 10.5. The Morgan fingerprint density at radius 1 is 0.857 bits per heavy atom. The van der Waals surface area contributed by atoms with Gasteiger partial charge in [-0.15, -0.1) is 0 Å². The molecule has 0 aliphatic heterocycles. The number of rotatable bonds is 2. The second kappa shape index (κ2) is 5.88. The van der Waals surface area contributed by atoms with Crippen molar-refractivity contribution in [1.29, 1.82) is 0 Å². The van der Waals surface area contributed by atoms with E-state index in [9.17, 15) is 0 Å². The minimum atomic E-state index is -1.63. The van der Waals surface area contributed by atoms with Crippen LogP contribution in [0.5, 0.6) is 0 Å². The van der Waals surface area contributed by atoms with Crippen molar-refractivity contribution in [3.8, 4) is 0 Å². The molecule has 0 amide bonds. The molecule has 1 aromatic rings. The van der Waals surface area contributed by atoms with Gasteiger partial charge in [-0.1, -0.05) is 68.4 Å². The fourth-order valence-electron chi connectivity index (χ4n) is 4.33. The molecule has 21 heavy (non-hydrogen) atoms. The van der Waals surface area contributed by atoms with Crippen molar-refractivity contribution < 1.29 is 0 Å². The third-order valence-electron chi connectivity index (χ3n) is 4.08. The first-order valence-electron chi connectivity index (χ1n) is 7.81. The van der Waals surface area contributed by atoms with E-state index < -0.39 is 7.05 Å². The summed E-state index contributed by atoms with van der Waals surface area (Å²) in [7, 11) is -1.63. The lowest BCUT2D eigenvalue weighted by atomic mass is 10.2. The van der Waals surface area contributed by atoms with Crippen LogP contribution in [0.2, 0.25) is 0 Å². The summed E-state index contributed by atoms with van der Waals surface area (Å²) in [5, 5.41) is 0.537. The molecular weight excluding hydrogens is 275 g/mol. The van der Waals surface area contributed by atoms with E-state index in [1.54, 1.807) is 0 Å². The smallest absolute Gasteiger partial charge is 0.0797 e. The highest BCUT2D eigenvalue weighted by molar-refractivity contribution is 7.70. The molecule has 1 heterocycles. The molecule has 0 spiro atoms. The summed E-state index contributed by atoms with van der Waals surface area (Å²) in [4.78, 5) is 4.45. The van der Waals surface area contributed by atoms with Crippen LogP contribution < -0.4 is 0 Å². The molecule has 0 aliphatic carbocycles. The summed E-state index contributed by atoms with van der Waals surface area (Å²) >= 11 is 0. The van der Waals surface area contributed by atoms with Crippen molar-refractivity contribution in [3.05, 3.63) is 30.1 Å². The van der Waals surface area contributed by atoms with E-state index in [1.165, 1.54) is 0 Å². The zero-order valence-electron chi connectivity index (χ0n) is 15.4. The molecule has 0 saturated carbocycles. The number of hydrogen-bond acceptors (Lipinski definition) is 2. The van der Waals surface area contributed by atoms with E-state index in [0.29, 0.717) is 0 Å². The minimum absolute atomic E-state index is 0.179. The average molecular weight is 308 g/mol. The van der Waals surface area contributed by atoms with Crippen molar-refractivity contribution in [1.82, 2.24) is 4.98 Å². The van der Waals surface area contributed by atoms with Gasteiger partial charge in [-0.2, -0.15) is 0 Å². The molecule has 0 unspecified atom stereocenters. The van der Waals surface area contributed by atoms with E-state index in [2.05, 4.69) is 73.4 Å². The Labute approximate surface area is 131 Å². The van der Waals surface area contributed by atoms with Gasteiger partial charge in [0.15, 0.2) is 0 Å². The standard InChI is InChI=1S/C18H33N2P/c1-16(2,3)21(17(4,5)6,18(7,8)9)20-14-15-12-10-11-13-19-15/h10-13H,14H2,1-9H3. The fraction of sp³-hybridized carbons (Fsp3) is 0.722. The van der Waals surface area contributed by atoms with Crippen LogP contribution in [0.3, 0.4) is 0 Å². The lowest BCUT2D eigenvalue weighted by Gasteiger charge is -2.54. The minimum Gasteiger partial charge on any atom is -0.295 e. The predicted molar refractivity (Wildman–Crippen MR) is 96.5 cm³/mol. The SMILES string of the molecule is CC(C)(C)P(=NCc1ccccn1)(C(C)(C)C)C(C)(C)C. The van der Waals surface area contributed by atoms with Gasteiger partial charge in [-0.3, -0.25) is 9.73 Å². The highest BCUT2D eigenvalue weighted by Crippen LogP contribution is 2.76. The molecule has 0 aliphatic rings. The molecule has 2 nitrogen and oxygen atoms in total. The molecular formula is C18H33N2P. The van der Waals surface area contributed by atoms with Gasteiger partial charge in [0.25, 0.3) is 0 Å². The van der Waals surface area contributed by atoms with Crippen LogP contribution in [-0.4, -0.2) is 20.5 Å². The Morgan fingerprint density at radius 3 is 1.67 bits per heavy atom. The molecule has 0 saturated heterocycles. The van der Waals surface area contributed by atoms with Gasteiger partial charge in [0.1, 0.15) is 0 Å². The Morgan fingerprint density at radius 2 is 1.33 bits per heavy atom. The van der Waals surface area contributed by atoms with Crippen LogP contribution in [0.1, 0.15) is 68.0 Å². The molecule has 1 aromatic heterocycles. The average Bonchev–Trinajstić information content (AvgIpc) is 2.25. The van der Waals surface area contributed by atoms with Crippen molar-refractivity contribution in [3.63, 3.8) is 0 Å². The summed E-state index contributed by atoms with van der Waals surface area (Å²) in [6.45, 7) is 22.0. The van der Waals surface area contributed by atoms with Crippen molar-refractivity contribution in [2.75, 3.05) is 0 Å². The summed E-state index contributed by atoms with van der Waals surface area (Å²) < 4.78 is 5.39. The lowest BCUT2D eigenvalue weighted by molar-refractivity contribution is 0.624. The van der Waals surface area contributed by atoms with Gasteiger partial charge in [0.2, 0.25) is 0 Å². The van der Waals surface area contributed by atoms with Crippen molar-refractivity contribution >= 4 is 7.05 Å². The van der Waals surface area contributed by atoms with Crippen molar-refractivity contribution in [2.45, 2.75) is 84.3 Å². The van der Waals surface area contributed by atoms with Crippen LogP contribution in [0.25, 0.3) is 0 Å². The highest BCUT2D eigenvalue weighted by Gasteiger charge is 2.50. The van der Waals surface area contributed by atoms with Crippen LogP contribution in [0.15, 0.2) is 29.1 Å². The molecule has 3 heteroatoms. The summed E-state index contributed by atoms with van der Waals surface area (Å²) in [6, 6.07) is 6.08. The fourth-order valence-corrected chi connectivity index (χ4v) is 12.0. The van der Waals surface area contributed by atoms with Crippen LogP contribution in [0, 0.1) is 0 Å². The second-order valence-electron chi connectivity index (χ2n) is 8.77. The van der Waals surface area contributed by atoms with Gasteiger partial charge < -0.3 is 0 Å². The normalized spacial score (nSPS) is 14.1. The van der Waals surface area contributed by atoms with E-state index in [1.807, 2.05) is 18.3 Å². The Balaban J connectivity index is 3.51. The summed E-state index contributed by atoms with van der Waals surface area (Å²) in [6.07, 6.45) is 1.86. The van der Waals surface area contributed by atoms with Gasteiger partial charge in [-0.25, -0.2) is 0 Å². The topological polar surface area (TPSA) is 25.2 Å². The van der Waals surface area contributed by atoms with E-state index in [4.69, 9.17) is 4.74 Å². The maximum atomic E-state index is 5.39. The second-order valence-corrected chi connectivity index (χ2v) is 14.3.